The zero-order valence-corrected chi connectivity index (χ0v) is 14.2. The standard InChI is InChI=1S/C16H18BrNOS/c1-11-14(12-7-3-4-8-13(12)17)18-15(20-11)16(19-2)9-5-6-10-16/h3-4,7-8H,5-6,9-10H2,1-2H3. The molecule has 0 spiro atoms. The Hall–Kier alpha value is -0.710. The molecule has 2 nitrogen and oxygen atoms in total. The van der Waals surface area contributed by atoms with Crippen molar-refractivity contribution < 1.29 is 4.74 Å². The summed E-state index contributed by atoms with van der Waals surface area (Å²) in [5.74, 6) is 0. The Kier molecular flexibility index (Phi) is 3.98. The van der Waals surface area contributed by atoms with Crippen molar-refractivity contribution >= 4 is 27.3 Å². The Morgan fingerprint density at radius 2 is 1.95 bits per heavy atom. The molecule has 3 rings (SSSR count). The number of hydrogen-bond donors (Lipinski definition) is 0. The van der Waals surface area contributed by atoms with Gasteiger partial charge in [0.05, 0.1) is 5.69 Å². The summed E-state index contributed by atoms with van der Waals surface area (Å²) >= 11 is 5.41. The van der Waals surface area contributed by atoms with Crippen molar-refractivity contribution in [2.75, 3.05) is 7.11 Å². The molecule has 0 radical (unpaired) electrons. The number of thiazole rings is 1. The van der Waals surface area contributed by atoms with Gasteiger partial charge in [0, 0.05) is 22.0 Å². The maximum Gasteiger partial charge on any atom is 0.126 e. The van der Waals surface area contributed by atoms with Crippen LogP contribution < -0.4 is 0 Å². The van der Waals surface area contributed by atoms with Crippen molar-refractivity contribution in [1.82, 2.24) is 4.98 Å². The number of hydrogen-bond acceptors (Lipinski definition) is 3. The third kappa shape index (κ3) is 2.34. The van der Waals surface area contributed by atoms with E-state index in [4.69, 9.17) is 9.72 Å². The zero-order chi connectivity index (χ0) is 14.2. The minimum absolute atomic E-state index is 0.144. The average molecular weight is 352 g/mol. The molecule has 0 bridgehead atoms. The van der Waals surface area contributed by atoms with Crippen LogP contribution in [0, 0.1) is 6.92 Å². The van der Waals surface area contributed by atoms with Crippen molar-refractivity contribution in [3.8, 4) is 11.3 Å². The quantitative estimate of drug-likeness (QED) is 0.748. The molecular formula is C16H18BrNOS. The molecule has 1 saturated carbocycles. The molecule has 1 aromatic carbocycles. The fraction of sp³-hybridized carbons (Fsp3) is 0.438. The van der Waals surface area contributed by atoms with Gasteiger partial charge in [0.25, 0.3) is 0 Å². The maximum absolute atomic E-state index is 5.86. The Morgan fingerprint density at radius 1 is 1.25 bits per heavy atom. The van der Waals surface area contributed by atoms with Gasteiger partial charge in [-0.1, -0.05) is 47.0 Å². The predicted molar refractivity (Wildman–Crippen MR) is 87.1 cm³/mol. The van der Waals surface area contributed by atoms with Crippen LogP contribution in [0.25, 0.3) is 11.3 Å². The summed E-state index contributed by atoms with van der Waals surface area (Å²) in [5.41, 5.74) is 2.10. The highest BCUT2D eigenvalue weighted by Crippen LogP contribution is 2.45. The highest BCUT2D eigenvalue weighted by Gasteiger charge is 2.39. The fourth-order valence-corrected chi connectivity index (χ4v) is 4.57. The Bertz CT molecular complexity index is 617. The van der Waals surface area contributed by atoms with Gasteiger partial charge in [-0.3, -0.25) is 0 Å². The van der Waals surface area contributed by atoms with Gasteiger partial charge in [-0.05, 0) is 25.8 Å². The van der Waals surface area contributed by atoms with Gasteiger partial charge in [-0.15, -0.1) is 11.3 Å². The summed E-state index contributed by atoms with van der Waals surface area (Å²) in [6.07, 6.45) is 4.64. The molecular weight excluding hydrogens is 334 g/mol. The number of methoxy groups -OCH3 is 1. The highest BCUT2D eigenvalue weighted by atomic mass is 79.9. The second kappa shape index (κ2) is 5.58. The van der Waals surface area contributed by atoms with Crippen LogP contribution in [0.15, 0.2) is 28.7 Å². The Balaban J connectivity index is 2.06. The summed E-state index contributed by atoms with van der Waals surface area (Å²) in [4.78, 5) is 6.19. The number of nitrogens with zero attached hydrogens (tertiary/aromatic N) is 1. The third-order valence-electron chi connectivity index (χ3n) is 4.12. The van der Waals surface area contributed by atoms with Crippen molar-refractivity contribution in [3.05, 3.63) is 38.6 Å². The third-order valence-corrected chi connectivity index (χ3v) is 5.96. The predicted octanol–water partition coefficient (Wildman–Crippen LogP) is 5.30. The van der Waals surface area contributed by atoms with E-state index < -0.39 is 0 Å². The van der Waals surface area contributed by atoms with Crippen molar-refractivity contribution in [3.63, 3.8) is 0 Å². The van der Waals surface area contributed by atoms with E-state index in [2.05, 4.69) is 41.1 Å². The Morgan fingerprint density at radius 3 is 2.60 bits per heavy atom. The lowest BCUT2D eigenvalue weighted by molar-refractivity contribution is -0.00879. The normalized spacial score (nSPS) is 17.6. The minimum Gasteiger partial charge on any atom is -0.371 e. The monoisotopic (exact) mass is 351 g/mol. The van der Waals surface area contributed by atoms with Crippen LogP contribution >= 0.6 is 27.3 Å². The lowest BCUT2D eigenvalue weighted by Gasteiger charge is -2.24. The average Bonchev–Trinajstić information content (AvgIpc) is 3.07. The molecule has 4 heteroatoms. The summed E-state index contributed by atoms with van der Waals surface area (Å²) in [7, 11) is 1.82. The molecule has 1 fully saturated rings. The molecule has 0 saturated heterocycles. The number of ether oxygens (including phenoxy) is 1. The largest absolute Gasteiger partial charge is 0.371 e. The molecule has 1 aliphatic rings. The van der Waals surface area contributed by atoms with E-state index >= 15 is 0 Å². The zero-order valence-electron chi connectivity index (χ0n) is 11.8. The van der Waals surface area contributed by atoms with Gasteiger partial charge in [0.15, 0.2) is 0 Å². The van der Waals surface area contributed by atoms with Crippen LogP contribution in [0.1, 0.15) is 35.6 Å². The second-order valence-electron chi connectivity index (χ2n) is 5.31. The van der Waals surface area contributed by atoms with Gasteiger partial charge in [0.2, 0.25) is 0 Å². The van der Waals surface area contributed by atoms with E-state index in [1.165, 1.54) is 17.7 Å². The van der Waals surface area contributed by atoms with Crippen molar-refractivity contribution in [1.29, 1.82) is 0 Å². The fourth-order valence-electron chi connectivity index (χ4n) is 2.95. The van der Waals surface area contributed by atoms with Gasteiger partial charge >= 0.3 is 0 Å². The molecule has 20 heavy (non-hydrogen) atoms. The van der Waals surface area contributed by atoms with E-state index in [0.29, 0.717) is 0 Å². The highest BCUT2D eigenvalue weighted by molar-refractivity contribution is 9.10. The molecule has 0 atom stereocenters. The van der Waals surface area contributed by atoms with Crippen molar-refractivity contribution in [2.45, 2.75) is 38.2 Å². The molecule has 106 valence electrons. The number of halogens is 1. The van der Waals surface area contributed by atoms with Crippen LogP contribution in [-0.4, -0.2) is 12.1 Å². The molecule has 0 amide bonds. The van der Waals surface area contributed by atoms with Gasteiger partial charge in [-0.25, -0.2) is 4.98 Å². The molecule has 1 heterocycles. The summed E-state index contributed by atoms with van der Waals surface area (Å²) in [6, 6.07) is 8.27. The van der Waals surface area contributed by atoms with Crippen LogP contribution in [0.5, 0.6) is 0 Å². The van der Waals surface area contributed by atoms with Gasteiger partial charge in [-0.2, -0.15) is 0 Å². The van der Waals surface area contributed by atoms with Gasteiger partial charge in [0.1, 0.15) is 10.6 Å². The summed E-state index contributed by atoms with van der Waals surface area (Å²) < 4.78 is 6.95. The van der Waals surface area contributed by atoms with Crippen LogP contribution in [0.4, 0.5) is 0 Å². The molecule has 2 aromatic rings. The lowest BCUT2D eigenvalue weighted by Crippen LogP contribution is -2.24. The van der Waals surface area contributed by atoms with E-state index in [1.54, 1.807) is 11.3 Å². The summed E-state index contributed by atoms with van der Waals surface area (Å²) in [5, 5.41) is 1.14. The minimum atomic E-state index is -0.144. The SMILES string of the molecule is COC1(c2nc(-c3ccccc3Br)c(C)s2)CCCC1. The van der Waals surface area contributed by atoms with E-state index in [-0.39, 0.29) is 5.60 Å². The van der Waals surface area contributed by atoms with Crippen molar-refractivity contribution in [2.24, 2.45) is 0 Å². The first-order valence-corrected chi connectivity index (χ1v) is 8.55. The van der Waals surface area contributed by atoms with Crippen LogP contribution in [0.3, 0.4) is 0 Å². The first-order chi connectivity index (χ1) is 9.66. The van der Waals surface area contributed by atoms with Crippen LogP contribution in [-0.2, 0) is 10.3 Å². The topological polar surface area (TPSA) is 22.1 Å². The van der Waals surface area contributed by atoms with Gasteiger partial charge < -0.3 is 4.74 Å². The van der Waals surface area contributed by atoms with Crippen LogP contribution in [0.2, 0.25) is 0 Å². The number of aromatic nitrogens is 1. The number of benzene rings is 1. The molecule has 0 unspecified atom stereocenters. The number of rotatable bonds is 3. The van der Waals surface area contributed by atoms with E-state index in [9.17, 15) is 0 Å². The maximum atomic E-state index is 5.86. The molecule has 0 N–H and O–H groups in total. The lowest BCUT2D eigenvalue weighted by atomic mass is 10.0. The first kappa shape index (κ1) is 14.2. The molecule has 1 aromatic heterocycles. The Labute approximate surface area is 132 Å². The molecule has 0 aliphatic heterocycles. The molecule has 1 aliphatic carbocycles. The first-order valence-electron chi connectivity index (χ1n) is 6.94. The van der Waals surface area contributed by atoms with E-state index in [0.717, 1.165) is 33.6 Å². The van der Waals surface area contributed by atoms with E-state index in [1.807, 2.05) is 13.2 Å². The smallest absolute Gasteiger partial charge is 0.126 e. The number of aryl methyl sites for hydroxylation is 1. The second-order valence-corrected chi connectivity index (χ2v) is 7.37. The summed E-state index contributed by atoms with van der Waals surface area (Å²) in [6.45, 7) is 2.15.